The fourth-order valence-corrected chi connectivity index (χ4v) is 1.57. The average molecular weight is 211 g/mol. The fourth-order valence-electron chi connectivity index (χ4n) is 1.57. The Hall–Kier alpha value is -1.76. The van der Waals surface area contributed by atoms with Gasteiger partial charge in [0.25, 0.3) is 0 Å². The maximum atomic E-state index is 5.68. The normalized spacial score (nSPS) is 10.1. The van der Waals surface area contributed by atoms with E-state index in [0.29, 0.717) is 6.61 Å². The fraction of sp³-hybridized carbons (Fsp3) is 0.133. The highest BCUT2D eigenvalue weighted by molar-refractivity contribution is 5.35. The highest BCUT2D eigenvalue weighted by Crippen LogP contribution is 2.16. The second-order valence-electron chi connectivity index (χ2n) is 3.69. The molecule has 81 valence electrons. The number of rotatable bonds is 4. The first-order valence-electron chi connectivity index (χ1n) is 5.44. The van der Waals surface area contributed by atoms with Gasteiger partial charge >= 0.3 is 0 Å². The lowest BCUT2D eigenvalue weighted by molar-refractivity contribution is 0.321. The summed E-state index contributed by atoms with van der Waals surface area (Å²) in [5.41, 5.74) is 2.24. The van der Waals surface area contributed by atoms with Crippen molar-refractivity contribution in [2.75, 3.05) is 6.61 Å². The van der Waals surface area contributed by atoms with Crippen LogP contribution in [0.5, 0.6) is 5.75 Å². The molecule has 0 aliphatic carbocycles. The SMILES string of the molecule is [CH2]c1ccccc1OCCc1ccccc1. The van der Waals surface area contributed by atoms with E-state index < -0.39 is 0 Å². The molecule has 2 rings (SSSR count). The van der Waals surface area contributed by atoms with Crippen molar-refractivity contribution in [3.63, 3.8) is 0 Å². The highest BCUT2D eigenvalue weighted by atomic mass is 16.5. The summed E-state index contributed by atoms with van der Waals surface area (Å²) in [5.74, 6) is 0.874. The van der Waals surface area contributed by atoms with Crippen LogP contribution < -0.4 is 4.74 Å². The second-order valence-corrected chi connectivity index (χ2v) is 3.69. The average Bonchev–Trinajstić information content (AvgIpc) is 2.33. The van der Waals surface area contributed by atoms with Gasteiger partial charge in [0, 0.05) is 6.42 Å². The molecule has 0 saturated carbocycles. The van der Waals surface area contributed by atoms with Gasteiger partial charge in [-0.2, -0.15) is 0 Å². The number of hydrogen-bond acceptors (Lipinski definition) is 1. The minimum atomic E-state index is 0.691. The van der Waals surface area contributed by atoms with Crippen LogP contribution in [-0.4, -0.2) is 6.61 Å². The van der Waals surface area contributed by atoms with Crippen molar-refractivity contribution in [1.82, 2.24) is 0 Å². The molecule has 2 aromatic carbocycles. The molecule has 0 aliphatic heterocycles. The van der Waals surface area contributed by atoms with Crippen molar-refractivity contribution in [2.24, 2.45) is 0 Å². The summed E-state index contributed by atoms with van der Waals surface area (Å²) in [6.45, 7) is 4.61. The van der Waals surface area contributed by atoms with Gasteiger partial charge in [-0.15, -0.1) is 0 Å². The van der Waals surface area contributed by atoms with Crippen molar-refractivity contribution in [2.45, 2.75) is 6.42 Å². The molecule has 0 N–H and O–H groups in total. The van der Waals surface area contributed by atoms with E-state index in [1.54, 1.807) is 0 Å². The minimum absolute atomic E-state index is 0.691. The molecule has 1 nitrogen and oxygen atoms in total. The molecule has 1 heteroatoms. The molecule has 0 bridgehead atoms. The maximum absolute atomic E-state index is 5.68. The Balaban J connectivity index is 1.87. The van der Waals surface area contributed by atoms with Gasteiger partial charge in [0.15, 0.2) is 0 Å². The topological polar surface area (TPSA) is 9.23 Å². The molecule has 0 fully saturated rings. The summed E-state index contributed by atoms with van der Waals surface area (Å²) in [6, 6.07) is 18.2. The summed E-state index contributed by atoms with van der Waals surface area (Å²) in [6.07, 6.45) is 0.926. The molecular weight excluding hydrogens is 196 g/mol. The molecular formula is C15H15O. The molecule has 0 aromatic heterocycles. The number of para-hydroxylation sites is 1. The standard InChI is InChI=1S/C15H15O/c1-13-7-5-6-10-15(13)16-12-11-14-8-3-2-4-9-14/h2-10H,1,11-12H2. The molecule has 2 aromatic rings. The minimum Gasteiger partial charge on any atom is -0.493 e. The van der Waals surface area contributed by atoms with Crippen molar-refractivity contribution in [1.29, 1.82) is 0 Å². The quantitative estimate of drug-likeness (QED) is 0.752. The van der Waals surface area contributed by atoms with Crippen LogP contribution in [0.1, 0.15) is 11.1 Å². The van der Waals surface area contributed by atoms with Crippen molar-refractivity contribution < 1.29 is 4.74 Å². The van der Waals surface area contributed by atoms with E-state index in [1.807, 2.05) is 42.5 Å². The molecule has 1 radical (unpaired) electrons. The first kappa shape index (κ1) is 10.7. The number of benzene rings is 2. The Kier molecular flexibility index (Phi) is 3.60. The third-order valence-corrected chi connectivity index (χ3v) is 2.46. The second kappa shape index (κ2) is 5.36. The predicted octanol–water partition coefficient (Wildman–Crippen LogP) is 3.49. The van der Waals surface area contributed by atoms with Gasteiger partial charge in [-0.3, -0.25) is 0 Å². The lowest BCUT2D eigenvalue weighted by atomic mass is 10.2. The zero-order valence-electron chi connectivity index (χ0n) is 9.23. The maximum Gasteiger partial charge on any atom is 0.122 e. The van der Waals surface area contributed by atoms with E-state index in [1.165, 1.54) is 5.56 Å². The lowest BCUT2D eigenvalue weighted by Crippen LogP contribution is -2.02. The summed E-state index contributed by atoms with van der Waals surface area (Å²) in [7, 11) is 0. The van der Waals surface area contributed by atoms with Crippen LogP contribution in [0.2, 0.25) is 0 Å². The molecule has 0 aliphatic rings. The zero-order valence-corrected chi connectivity index (χ0v) is 9.23. The van der Waals surface area contributed by atoms with E-state index in [2.05, 4.69) is 19.1 Å². The van der Waals surface area contributed by atoms with Gasteiger partial charge in [0.2, 0.25) is 0 Å². The zero-order chi connectivity index (χ0) is 11.2. The molecule has 0 unspecified atom stereocenters. The van der Waals surface area contributed by atoms with E-state index in [-0.39, 0.29) is 0 Å². The Morgan fingerprint density at radius 3 is 2.31 bits per heavy atom. The van der Waals surface area contributed by atoms with Gasteiger partial charge in [0.1, 0.15) is 5.75 Å². The van der Waals surface area contributed by atoms with E-state index >= 15 is 0 Å². The van der Waals surface area contributed by atoms with E-state index in [0.717, 1.165) is 17.7 Å². The Labute approximate surface area is 96.7 Å². The van der Waals surface area contributed by atoms with Gasteiger partial charge < -0.3 is 4.74 Å². The molecule has 0 heterocycles. The van der Waals surface area contributed by atoms with Crippen LogP contribution in [0.3, 0.4) is 0 Å². The lowest BCUT2D eigenvalue weighted by Gasteiger charge is -2.08. The smallest absolute Gasteiger partial charge is 0.122 e. The van der Waals surface area contributed by atoms with Crippen molar-refractivity contribution in [3.05, 3.63) is 72.6 Å². The van der Waals surface area contributed by atoms with Crippen LogP contribution in [0.4, 0.5) is 0 Å². The molecule has 0 amide bonds. The highest BCUT2D eigenvalue weighted by Gasteiger charge is 1.97. The summed E-state index contributed by atoms with van der Waals surface area (Å²) in [5, 5.41) is 0. The summed E-state index contributed by atoms with van der Waals surface area (Å²) < 4.78 is 5.68. The molecule has 0 saturated heterocycles. The van der Waals surface area contributed by atoms with E-state index in [9.17, 15) is 0 Å². The Morgan fingerprint density at radius 1 is 0.875 bits per heavy atom. The Bertz CT molecular complexity index is 434. The van der Waals surface area contributed by atoms with Gasteiger partial charge in [0.05, 0.1) is 6.61 Å². The molecule has 16 heavy (non-hydrogen) atoms. The largest absolute Gasteiger partial charge is 0.493 e. The number of hydrogen-bond donors (Lipinski definition) is 0. The van der Waals surface area contributed by atoms with Crippen LogP contribution >= 0.6 is 0 Å². The third-order valence-electron chi connectivity index (χ3n) is 2.46. The Morgan fingerprint density at radius 2 is 1.56 bits per heavy atom. The third kappa shape index (κ3) is 2.86. The van der Waals surface area contributed by atoms with E-state index in [4.69, 9.17) is 4.74 Å². The monoisotopic (exact) mass is 211 g/mol. The van der Waals surface area contributed by atoms with Crippen LogP contribution in [-0.2, 0) is 6.42 Å². The molecule has 0 spiro atoms. The van der Waals surface area contributed by atoms with Gasteiger partial charge in [-0.25, -0.2) is 0 Å². The first-order valence-corrected chi connectivity index (χ1v) is 5.44. The van der Waals surface area contributed by atoms with Crippen molar-refractivity contribution >= 4 is 0 Å². The van der Waals surface area contributed by atoms with Crippen LogP contribution in [0.15, 0.2) is 54.6 Å². The number of ether oxygens (including phenoxy) is 1. The molecule has 0 atom stereocenters. The van der Waals surface area contributed by atoms with Gasteiger partial charge in [-0.1, -0.05) is 48.5 Å². The van der Waals surface area contributed by atoms with Crippen molar-refractivity contribution in [3.8, 4) is 5.75 Å². The van der Waals surface area contributed by atoms with Crippen LogP contribution in [0.25, 0.3) is 0 Å². The summed E-state index contributed by atoms with van der Waals surface area (Å²) >= 11 is 0. The summed E-state index contributed by atoms with van der Waals surface area (Å²) in [4.78, 5) is 0. The van der Waals surface area contributed by atoms with Crippen LogP contribution in [0, 0.1) is 6.92 Å². The van der Waals surface area contributed by atoms with Gasteiger partial charge in [-0.05, 0) is 24.1 Å². The predicted molar refractivity (Wildman–Crippen MR) is 66.5 cm³/mol. The first-order chi connectivity index (χ1) is 7.86.